The van der Waals surface area contributed by atoms with Gasteiger partial charge in [-0.05, 0) is 44.2 Å². The first-order chi connectivity index (χ1) is 11.5. The van der Waals surface area contributed by atoms with Gasteiger partial charge in [0.15, 0.2) is 0 Å². The first-order valence-corrected chi connectivity index (χ1v) is 9.30. The summed E-state index contributed by atoms with van der Waals surface area (Å²) in [6, 6.07) is 4.59. The van der Waals surface area contributed by atoms with E-state index in [1.165, 1.54) is 0 Å². The Hall–Kier alpha value is -1.77. The molecule has 0 N–H and O–H groups in total. The molecular formula is C16H21NO6S. The van der Waals surface area contributed by atoms with Gasteiger partial charge in [-0.2, -0.15) is 8.42 Å². The van der Waals surface area contributed by atoms with E-state index >= 15 is 0 Å². The molecule has 1 aromatic rings. The molecule has 0 aliphatic heterocycles. The van der Waals surface area contributed by atoms with Crippen molar-refractivity contribution in [1.29, 1.82) is 0 Å². The van der Waals surface area contributed by atoms with Gasteiger partial charge in [0.25, 0.3) is 15.8 Å². The zero-order valence-electron chi connectivity index (χ0n) is 13.3. The van der Waals surface area contributed by atoms with Crippen LogP contribution in [-0.4, -0.2) is 32.7 Å². The summed E-state index contributed by atoms with van der Waals surface area (Å²) in [4.78, 5) is 9.88. The van der Waals surface area contributed by atoms with E-state index in [9.17, 15) is 18.5 Å². The minimum absolute atomic E-state index is 0.0777. The van der Waals surface area contributed by atoms with Crippen LogP contribution in [-0.2, 0) is 19.0 Å². The van der Waals surface area contributed by atoms with Gasteiger partial charge in [-0.1, -0.05) is 12.2 Å². The summed E-state index contributed by atoms with van der Waals surface area (Å²) in [5, 5.41) is 10.6. The van der Waals surface area contributed by atoms with Crippen molar-refractivity contribution >= 4 is 15.8 Å². The van der Waals surface area contributed by atoms with Gasteiger partial charge in [0, 0.05) is 12.1 Å². The van der Waals surface area contributed by atoms with Crippen molar-refractivity contribution in [2.75, 3.05) is 13.2 Å². The highest BCUT2D eigenvalue weighted by atomic mass is 32.2. The number of nitro benzene ring substituents is 1. The van der Waals surface area contributed by atoms with Crippen LogP contribution >= 0.6 is 0 Å². The summed E-state index contributed by atoms with van der Waals surface area (Å²) in [6.07, 6.45) is 9.40. The van der Waals surface area contributed by atoms with E-state index < -0.39 is 15.0 Å². The van der Waals surface area contributed by atoms with E-state index in [0.29, 0.717) is 0 Å². The first-order valence-electron chi connectivity index (χ1n) is 7.89. The lowest BCUT2D eigenvalue weighted by atomic mass is 10.0. The van der Waals surface area contributed by atoms with E-state index in [-0.39, 0.29) is 29.9 Å². The zero-order chi connectivity index (χ0) is 17.4. The van der Waals surface area contributed by atoms with Crippen molar-refractivity contribution in [1.82, 2.24) is 0 Å². The summed E-state index contributed by atoms with van der Waals surface area (Å²) < 4.78 is 34.6. The number of hydrogen-bond acceptors (Lipinski definition) is 6. The molecule has 1 aliphatic carbocycles. The fraction of sp³-hybridized carbons (Fsp3) is 0.500. The average molecular weight is 355 g/mol. The molecule has 24 heavy (non-hydrogen) atoms. The van der Waals surface area contributed by atoms with Crippen molar-refractivity contribution in [3.63, 3.8) is 0 Å². The van der Waals surface area contributed by atoms with Gasteiger partial charge in [0.2, 0.25) is 0 Å². The highest BCUT2D eigenvalue weighted by molar-refractivity contribution is 7.86. The molecule has 0 unspecified atom stereocenters. The Bertz CT molecular complexity index is 668. The summed E-state index contributed by atoms with van der Waals surface area (Å²) in [5.41, 5.74) is -0.171. The Morgan fingerprint density at radius 3 is 2.50 bits per heavy atom. The molecule has 1 aliphatic rings. The number of ether oxygens (including phenoxy) is 1. The van der Waals surface area contributed by atoms with Gasteiger partial charge in [0.05, 0.1) is 29.1 Å². The summed E-state index contributed by atoms with van der Waals surface area (Å²) in [5.74, 6) is 0. The van der Waals surface area contributed by atoms with Crippen LogP contribution < -0.4 is 0 Å². The number of non-ortho nitro benzene ring substituents is 1. The molecule has 0 bridgehead atoms. The van der Waals surface area contributed by atoms with Crippen molar-refractivity contribution in [3.05, 3.63) is 46.5 Å². The molecule has 0 spiro atoms. The Labute approximate surface area is 141 Å². The third kappa shape index (κ3) is 5.70. The Morgan fingerprint density at radius 2 is 1.79 bits per heavy atom. The second-order valence-corrected chi connectivity index (χ2v) is 7.11. The first kappa shape index (κ1) is 18.6. The van der Waals surface area contributed by atoms with Crippen LogP contribution in [0.1, 0.15) is 32.1 Å². The van der Waals surface area contributed by atoms with Crippen LogP contribution in [0, 0.1) is 10.1 Å². The fourth-order valence-electron chi connectivity index (χ4n) is 2.45. The molecule has 0 heterocycles. The number of hydrogen-bond donors (Lipinski definition) is 0. The van der Waals surface area contributed by atoms with Crippen LogP contribution in [0.15, 0.2) is 41.3 Å². The number of rotatable bonds is 7. The number of nitro groups is 1. The van der Waals surface area contributed by atoms with Gasteiger partial charge in [0.1, 0.15) is 0 Å². The molecule has 132 valence electrons. The molecule has 1 atom stereocenters. The Kier molecular flexibility index (Phi) is 6.89. The smallest absolute Gasteiger partial charge is 0.297 e. The molecule has 8 heteroatoms. The highest BCUT2D eigenvalue weighted by Gasteiger charge is 2.17. The summed E-state index contributed by atoms with van der Waals surface area (Å²) >= 11 is 0. The molecular weight excluding hydrogens is 334 g/mol. The van der Waals surface area contributed by atoms with Gasteiger partial charge in [-0.3, -0.25) is 14.3 Å². The quantitative estimate of drug-likeness (QED) is 0.245. The molecule has 0 amide bonds. The van der Waals surface area contributed by atoms with Crippen LogP contribution in [0.5, 0.6) is 0 Å². The van der Waals surface area contributed by atoms with Gasteiger partial charge >= 0.3 is 0 Å². The van der Waals surface area contributed by atoms with Crippen molar-refractivity contribution in [2.24, 2.45) is 0 Å². The van der Waals surface area contributed by atoms with Crippen molar-refractivity contribution < 1.29 is 22.3 Å². The van der Waals surface area contributed by atoms with Crippen LogP contribution in [0.4, 0.5) is 5.69 Å². The normalized spacial score (nSPS) is 18.8. The molecule has 0 saturated heterocycles. The molecule has 0 aromatic heterocycles. The maximum atomic E-state index is 12.0. The fourth-order valence-corrected chi connectivity index (χ4v) is 3.35. The zero-order valence-corrected chi connectivity index (χ0v) is 14.1. The minimum Gasteiger partial charge on any atom is -0.376 e. The SMILES string of the molecule is O=[N+]([O-])c1ccc(S(=O)(=O)OCCO[C@H]2CCC=CCCC2)cc1. The third-order valence-electron chi connectivity index (χ3n) is 3.73. The van der Waals surface area contributed by atoms with E-state index in [2.05, 4.69) is 12.2 Å². The van der Waals surface area contributed by atoms with Gasteiger partial charge in [-0.15, -0.1) is 0 Å². The van der Waals surface area contributed by atoms with Crippen molar-refractivity contribution in [3.8, 4) is 0 Å². The number of allylic oxidation sites excluding steroid dienone is 2. The lowest BCUT2D eigenvalue weighted by Gasteiger charge is -2.18. The standard InChI is InChI=1S/C16H21NO6S/c18-17(19)14-8-10-16(11-9-14)24(20,21)23-13-12-22-15-6-4-2-1-3-5-7-15/h1-2,8-11,15H,3-7,12-13H2/t15-/m0/s1. The Balaban J connectivity index is 1.79. The number of benzene rings is 1. The molecule has 2 rings (SSSR count). The predicted octanol–water partition coefficient (Wildman–Crippen LogP) is 3.21. The maximum Gasteiger partial charge on any atom is 0.297 e. The highest BCUT2D eigenvalue weighted by Crippen LogP contribution is 2.18. The van der Waals surface area contributed by atoms with E-state index in [0.717, 1.165) is 56.4 Å². The van der Waals surface area contributed by atoms with E-state index in [1.54, 1.807) is 0 Å². The maximum absolute atomic E-state index is 12.0. The summed E-state index contributed by atoms with van der Waals surface area (Å²) in [7, 11) is -3.93. The second-order valence-electron chi connectivity index (χ2n) is 5.50. The van der Waals surface area contributed by atoms with E-state index in [4.69, 9.17) is 8.92 Å². The van der Waals surface area contributed by atoms with Gasteiger partial charge in [-0.25, -0.2) is 0 Å². The third-order valence-corrected chi connectivity index (χ3v) is 5.06. The molecule has 1 aromatic carbocycles. The topological polar surface area (TPSA) is 95.7 Å². The second kappa shape index (κ2) is 8.91. The molecule has 0 saturated carbocycles. The average Bonchev–Trinajstić information content (AvgIpc) is 2.53. The molecule has 0 radical (unpaired) electrons. The predicted molar refractivity (Wildman–Crippen MR) is 88.2 cm³/mol. The van der Waals surface area contributed by atoms with Crippen molar-refractivity contribution in [2.45, 2.75) is 43.1 Å². The molecule has 0 fully saturated rings. The Morgan fingerprint density at radius 1 is 1.08 bits per heavy atom. The van der Waals surface area contributed by atoms with Crippen LogP contribution in [0.2, 0.25) is 0 Å². The largest absolute Gasteiger partial charge is 0.376 e. The lowest BCUT2D eigenvalue weighted by Crippen LogP contribution is -2.18. The van der Waals surface area contributed by atoms with Crippen LogP contribution in [0.3, 0.4) is 0 Å². The summed E-state index contributed by atoms with van der Waals surface area (Å²) in [6.45, 7) is 0.117. The number of nitrogens with zero attached hydrogens (tertiary/aromatic N) is 1. The van der Waals surface area contributed by atoms with E-state index in [1.807, 2.05) is 0 Å². The monoisotopic (exact) mass is 355 g/mol. The minimum atomic E-state index is -3.93. The van der Waals surface area contributed by atoms with Crippen LogP contribution in [0.25, 0.3) is 0 Å². The lowest BCUT2D eigenvalue weighted by molar-refractivity contribution is -0.384. The van der Waals surface area contributed by atoms with Gasteiger partial charge < -0.3 is 4.74 Å². The molecule has 7 nitrogen and oxygen atoms in total.